The molecule has 0 aromatic rings. The van der Waals surface area contributed by atoms with Crippen molar-refractivity contribution in [2.45, 2.75) is 184 Å². The lowest BCUT2D eigenvalue weighted by atomic mass is 9.98. The molecule has 384 valence electrons. The van der Waals surface area contributed by atoms with Crippen LogP contribution in [0.5, 0.6) is 0 Å². The zero-order valence-corrected chi connectivity index (χ0v) is 40.3. The zero-order valence-electron chi connectivity index (χ0n) is 40.3. The van der Waals surface area contributed by atoms with Gasteiger partial charge < -0.3 is 64.2 Å². The number of ether oxygens (including phenoxy) is 6. The number of aliphatic hydroxyl groups excluding tert-OH is 7. The summed E-state index contributed by atoms with van der Waals surface area (Å²) in [6.45, 7) is 2.21. The van der Waals surface area contributed by atoms with E-state index >= 15 is 0 Å². The predicted molar refractivity (Wildman–Crippen MR) is 261 cm³/mol. The van der Waals surface area contributed by atoms with Crippen LogP contribution in [0.4, 0.5) is 0 Å². The van der Waals surface area contributed by atoms with E-state index in [1.54, 1.807) is 0 Å². The highest BCUT2D eigenvalue weighted by Crippen LogP contribution is 2.26. The highest BCUT2D eigenvalue weighted by Gasteiger charge is 2.47. The number of carbonyl (C=O) groups is 2. The second-order valence-corrected chi connectivity index (χ2v) is 16.5. The molecule has 0 radical (unpaired) electrons. The van der Waals surface area contributed by atoms with Gasteiger partial charge in [0, 0.05) is 12.8 Å². The molecule has 7 N–H and O–H groups in total. The first kappa shape index (κ1) is 60.3. The first-order valence-corrected chi connectivity index (χ1v) is 24.5. The van der Waals surface area contributed by atoms with Gasteiger partial charge in [-0.25, -0.2) is 0 Å². The number of aliphatic hydroxyl groups is 7. The predicted octanol–water partition coefficient (Wildman–Crippen LogP) is 6.37. The molecule has 2 saturated heterocycles. The summed E-state index contributed by atoms with van der Waals surface area (Å²) in [5.41, 5.74) is 0. The summed E-state index contributed by atoms with van der Waals surface area (Å²) in [5, 5.41) is 72.0. The molecule has 2 heterocycles. The lowest BCUT2D eigenvalue weighted by molar-refractivity contribution is -0.332. The Bertz CT molecular complexity index is 1600. The Balaban J connectivity index is 1.88. The SMILES string of the molecule is CC/C=C\C/C=C\C/C=C\C/C=C\C/C=C\CCCC(=O)OC[C@H](CO[C@@H]1OC(CO[C@H]2OC(CO)[C@H](O)[C@@H](O)[C@H]2O)[C@H](O)[C@@H](O)[C@H]1O)OC(=O)CCCC/C=C\C/C=C\C/C=C\C/C=C\CC. The Morgan fingerprint density at radius 1 is 0.471 bits per heavy atom. The van der Waals surface area contributed by atoms with E-state index in [1.165, 1.54) is 0 Å². The van der Waals surface area contributed by atoms with Crippen molar-refractivity contribution in [3.63, 3.8) is 0 Å². The highest BCUT2D eigenvalue weighted by atomic mass is 16.7. The van der Waals surface area contributed by atoms with Crippen molar-refractivity contribution in [2.24, 2.45) is 0 Å². The average molecular weight is 959 g/mol. The Kier molecular flexibility index (Phi) is 34.5. The maximum absolute atomic E-state index is 13.0. The summed E-state index contributed by atoms with van der Waals surface area (Å²) in [6.07, 6.45) is 32.7. The van der Waals surface area contributed by atoms with E-state index < -0.39 is 99.3 Å². The van der Waals surface area contributed by atoms with Crippen molar-refractivity contribution in [2.75, 3.05) is 26.4 Å². The lowest BCUT2D eigenvalue weighted by Crippen LogP contribution is -2.61. The molecule has 0 saturated carbocycles. The van der Waals surface area contributed by atoms with Gasteiger partial charge in [-0.1, -0.05) is 123 Å². The van der Waals surface area contributed by atoms with Crippen molar-refractivity contribution in [3.8, 4) is 0 Å². The van der Waals surface area contributed by atoms with Crippen LogP contribution in [0, 0.1) is 0 Å². The fourth-order valence-electron chi connectivity index (χ4n) is 6.77. The first-order chi connectivity index (χ1) is 33.0. The quantitative estimate of drug-likeness (QED) is 0.0208. The maximum Gasteiger partial charge on any atom is 0.306 e. The minimum absolute atomic E-state index is 0.0933. The Morgan fingerprint density at radius 2 is 0.882 bits per heavy atom. The van der Waals surface area contributed by atoms with Crippen molar-refractivity contribution < 1.29 is 73.8 Å². The van der Waals surface area contributed by atoms with Crippen LogP contribution in [0.15, 0.2) is 109 Å². The van der Waals surface area contributed by atoms with Crippen LogP contribution in [-0.2, 0) is 38.0 Å². The van der Waals surface area contributed by atoms with Gasteiger partial charge in [0.25, 0.3) is 0 Å². The second-order valence-electron chi connectivity index (χ2n) is 16.5. The van der Waals surface area contributed by atoms with Crippen LogP contribution >= 0.6 is 0 Å². The summed E-state index contributed by atoms with van der Waals surface area (Å²) in [7, 11) is 0. The van der Waals surface area contributed by atoms with Gasteiger partial charge in [0.15, 0.2) is 18.7 Å². The van der Waals surface area contributed by atoms with Gasteiger partial charge >= 0.3 is 11.9 Å². The van der Waals surface area contributed by atoms with E-state index in [4.69, 9.17) is 28.4 Å². The number of hydrogen-bond donors (Lipinski definition) is 7. The minimum atomic E-state index is -1.79. The third-order valence-electron chi connectivity index (χ3n) is 10.7. The molecule has 0 aromatic carbocycles. The molecular weight excluding hydrogens is 877 g/mol. The molecule has 2 fully saturated rings. The molecule has 15 nitrogen and oxygen atoms in total. The fourth-order valence-corrected chi connectivity index (χ4v) is 6.77. The molecular formula is C53H82O15. The summed E-state index contributed by atoms with van der Waals surface area (Å²) >= 11 is 0. The largest absolute Gasteiger partial charge is 0.462 e. The van der Waals surface area contributed by atoms with E-state index in [2.05, 4.69) is 111 Å². The summed E-state index contributed by atoms with van der Waals surface area (Å²) in [6, 6.07) is 0. The standard InChI is InChI=1S/C53H82O15/c1-3-5-7-9-11-13-15-17-19-20-22-23-25-27-29-31-33-35-44(55)63-38-41(66-45(56)36-34-32-30-28-26-24-21-18-16-14-12-10-8-6-4-2)39-64-52-51(62)49(60)47(58)43(68-52)40-65-53-50(61)48(59)46(57)42(37-54)67-53/h5-8,11-14,17-19,21-23,26-29,41-43,46-54,57-62H,3-4,9-10,15-16,20,24-25,30-40H2,1-2H3/b7-5-,8-6-,13-11-,14-12-,19-17-,21-18-,23-22-,28-26-,29-27-/t41-,42?,43?,46+,47+,48-,49-,50-,51-,52-,53+/m1/s1. The molecule has 2 rings (SSSR count). The van der Waals surface area contributed by atoms with Crippen LogP contribution in [0.25, 0.3) is 0 Å². The van der Waals surface area contributed by atoms with Gasteiger partial charge in [-0.05, 0) is 89.9 Å². The van der Waals surface area contributed by atoms with E-state index in [1.807, 2.05) is 12.2 Å². The third kappa shape index (κ3) is 26.8. The maximum atomic E-state index is 13.0. The number of allylic oxidation sites excluding steroid dienone is 18. The van der Waals surface area contributed by atoms with Crippen LogP contribution in [0.1, 0.15) is 117 Å². The van der Waals surface area contributed by atoms with Gasteiger partial charge in [0.2, 0.25) is 0 Å². The highest BCUT2D eigenvalue weighted by molar-refractivity contribution is 5.70. The smallest absolute Gasteiger partial charge is 0.306 e. The van der Waals surface area contributed by atoms with Crippen molar-refractivity contribution in [1.82, 2.24) is 0 Å². The summed E-state index contributed by atoms with van der Waals surface area (Å²) in [5.74, 6) is -1.06. The van der Waals surface area contributed by atoms with Crippen LogP contribution < -0.4 is 0 Å². The number of rotatable bonds is 35. The Labute approximate surface area is 404 Å². The topological polar surface area (TPSA) is 231 Å². The summed E-state index contributed by atoms with van der Waals surface area (Å²) < 4.78 is 33.4. The normalized spacial score (nSPS) is 26.7. The van der Waals surface area contributed by atoms with Gasteiger partial charge in [0.1, 0.15) is 55.4 Å². The van der Waals surface area contributed by atoms with Crippen LogP contribution in [0.2, 0.25) is 0 Å². The number of esters is 2. The molecule has 2 aliphatic rings. The molecule has 2 unspecified atom stereocenters. The van der Waals surface area contributed by atoms with Crippen LogP contribution in [-0.4, -0.2) is 142 Å². The zero-order chi connectivity index (χ0) is 49.6. The number of carbonyl (C=O) groups excluding carboxylic acids is 2. The lowest BCUT2D eigenvalue weighted by Gasteiger charge is -2.42. The van der Waals surface area contributed by atoms with E-state index in [-0.39, 0.29) is 19.4 Å². The van der Waals surface area contributed by atoms with Gasteiger partial charge in [-0.2, -0.15) is 0 Å². The van der Waals surface area contributed by atoms with Crippen molar-refractivity contribution in [3.05, 3.63) is 109 Å². The molecule has 11 atom stereocenters. The molecule has 0 amide bonds. The molecule has 2 aliphatic heterocycles. The van der Waals surface area contributed by atoms with Crippen LogP contribution in [0.3, 0.4) is 0 Å². The number of hydrogen-bond acceptors (Lipinski definition) is 15. The van der Waals surface area contributed by atoms with E-state index in [0.717, 1.165) is 70.6 Å². The minimum Gasteiger partial charge on any atom is -0.462 e. The molecule has 0 spiro atoms. The van der Waals surface area contributed by atoms with Gasteiger partial charge in [0.05, 0.1) is 19.8 Å². The second kappa shape index (κ2) is 38.9. The van der Waals surface area contributed by atoms with Crippen molar-refractivity contribution in [1.29, 1.82) is 0 Å². The molecule has 15 heteroatoms. The van der Waals surface area contributed by atoms with Crippen molar-refractivity contribution >= 4 is 11.9 Å². The average Bonchev–Trinajstić information content (AvgIpc) is 3.33. The van der Waals surface area contributed by atoms with Gasteiger partial charge in [-0.3, -0.25) is 9.59 Å². The molecule has 0 bridgehead atoms. The molecule has 0 aliphatic carbocycles. The molecule has 68 heavy (non-hydrogen) atoms. The first-order valence-electron chi connectivity index (χ1n) is 24.5. The summed E-state index contributed by atoms with van der Waals surface area (Å²) in [4.78, 5) is 25.7. The number of unbranched alkanes of at least 4 members (excludes halogenated alkanes) is 3. The monoisotopic (exact) mass is 959 g/mol. The fraction of sp³-hybridized carbons (Fsp3) is 0.623. The third-order valence-corrected chi connectivity index (χ3v) is 10.7. The van der Waals surface area contributed by atoms with E-state index in [9.17, 15) is 45.3 Å². The molecule has 0 aromatic heterocycles. The Morgan fingerprint density at radius 3 is 1.37 bits per heavy atom. The Hall–Kier alpha value is -3.84. The van der Waals surface area contributed by atoms with E-state index in [0.29, 0.717) is 19.3 Å². The van der Waals surface area contributed by atoms with Gasteiger partial charge in [-0.15, -0.1) is 0 Å².